The van der Waals surface area contributed by atoms with Gasteiger partial charge in [-0.15, -0.1) is 0 Å². The van der Waals surface area contributed by atoms with Crippen LogP contribution in [0.1, 0.15) is 37.7 Å². The molecule has 4 aliphatic carbocycles. The molecule has 108 valence electrons. The summed E-state index contributed by atoms with van der Waals surface area (Å²) in [6, 6.07) is 10.4. The molecular formula is C19H21NO. The highest BCUT2D eigenvalue weighted by molar-refractivity contribution is 5.79. The second-order valence-corrected chi connectivity index (χ2v) is 7.55. The molecule has 2 nitrogen and oxygen atoms in total. The number of pyridine rings is 1. The van der Waals surface area contributed by atoms with Crippen molar-refractivity contribution in [1.29, 1.82) is 0 Å². The number of nitrogens with zero attached hydrogens (tertiary/aromatic N) is 1. The van der Waals surface area contributed by atoms with E-state index in [-0.39, 0.29) is 0 Å². The molecule has 0 atom stereocenters. The number of benzene rings is 1. The second kappa shape index (κ2) is 4.07. The summed E-state index contributed by atoms with van der Waals surface area (Å²) in [6.45, 7) is 0. The van der Waals surface area contributed by atoms with Gasteiger partial charge in [0.15, 0.2) is 0 Å². The van der Waals surface area contributed by atoms with Crippen molar-refractivity contribution in [3.8, 4) is 0 Å². The number of para-hydroxylation sites is 1. The Morgan fingerprint density at radius 2 is 1.62 bits per heavy atom. The van der Waals surface area contributed by atoms with Crippen molar-refractivity contribution in [2.45, 2.75) is 37.7 Å². The van der Waals surface area contributed by atoms with Crippen molar-refractivity contribution >= 4 is 10.9 Å². The Bertz CT molecular complexity index is 680. The van der Waals surface area contributed by atoms with E-state index in [1.54, 1.807) is 0 Å². The zero-order valence-electron chi connectivity index (χ0n) is 12.2. The van der Waals surface area contributed by atoms with Gasteiger partial charge in [0, 0.05) is 17.1 Å². The summed E-state index contributed by atoms with van der Waals surface area (Å²) in [4.78, 5) is 4.60. The van der Waals surface area contributed by atoms with Crippen LogP contribution < -0.4 is 0 Å². The van der Waals surface area contributed by atoms with E-state index < -0.39 is 5.60 Å². The molecule has 1 aromatic heterocycles. The van der Waals surface area contributed by atoms with Gasteiger partial charge in [-0.3, -0.25) is 4.98 Å². The Morgan fingerprint density at radius 3 is 2.33 bits per heavy atom. The maximum absolute atomic E-state index is 11.6. The third-order valence-corrected chi connectivity index (χ3v) is 6.44. The van der Waals surface area contributed by atoms with E-state index in [0.717, 1.165) is 28.3 Å². The minimum absolute atomic E-state index is 0.455. The fraction of sp³-hybridized carbons (Fsp3) is 0.526. The third-order valence-electron chi connectivity index (χ3n) is 6.44. The van der Waals surface area contributed by atoms with Gasteiger partial charge in [-0.25, -0.2) is 0 Å². The number of aliphatic hydroxyl groups is 1. The summed E-state index contributed by atoms with van der Waals surface area (Å²) < 4.78 is 0. The van der Waals surface area contributed by atoms with Crippen LogP contribution in [0.4, 0.5) is 0 Å². The molecule has 0 saturated heterocycles. The smallest absolute Gasteiger partial charge is 0.0967 e. The first kappa shape index (κ1) is 12.2. The summed E-state index contributed by atoms with van der Waals surface area (Å²) in [7, 11) is 0. The largest absolute Gasteiger partial charge is 0.385 e. The highest BCUT2D eigenvalue weighted by Gasteiger charge is 2.57. The lowest BCUT2D eigenvalue weighted by molar-refractivity contribution is -0.179. The van der Waals surface area contributed by atoms with E-state index in [4.69, 9.17) is 0 Å². The van der Waals surface area contributed by atoms with Crippen LogP contribution in [0.25, 0.3) is 10.9 Å². The van der Waals surface area contributed by atoms with Gasteiger partial charge in [0.05, 0.1) is 11.1 Å². The SMILES string of the molecule is OC1(c2cnc3ccccc3c2)C2CC3CC(C2)CC1C3. The Hall–Kier alpha value is -1.41. The van der Waals surface area contributed by atoms with Gasteiger partial charge in [0.1, 0.15) is 0 Å². The maximum Gasteiger partial charge on any atom is 0.0967 e. The minimum atomic E-state index is -0.621. The van der Waals surface area contributed by atoms with E-state index in [1.807, 2.05) is 18.3 Å². The molecule has 2 heteroatoms. The number of hydrogen-bond acceptors (Lipinski definition) is 2. The Morgan fingerprint density at radius 1 is 0.952 bits per heavy atom. The molecule has 0 aliphatic heterocycles. The molecule has 2 aromatic rings. The highest BCUT2D eigenvalue weighted by Crippen LogP contribution is 2.61. The van der Waals surface area contributed by atoms with E-state index in [0.29, 0.717) is 11.8 Å². The molecular weight excluding hydrogens is 258 g/mol. The molecule has 4 bridgehead atoms. The number of hydrogen-bond donors (Lipinski definition) is 1. The molecule has 0 spiro atoms. The Balaban J connectivity index is 1.64. The van der Waals surface area contributed by atoms with Gasteiger partial charge in [0.2, 0.25) is 0 Å². The average molecular weight is 279 g/mol. The standard InChI is InChI=1S/C19H21NO/c21-19(15-6-12-5-13(8-15)9-16(19)7-12)17-10-14-3-1-2-4-18(14)20-11-17/h1-4,10-13,15-16,21H,5-9H2. The third kappa shape index (κ3) is 1.60. The van der Waals surface area contributed by atoms with Gasteiger partial charge in [-0.05, 0) is 67.9 Å². The average Bonchev–Trinajstić information content (AvgIpc) is 2.51. The molecule has 4 saturated carbocycles. The fourth-order valence-electron chi connectivity index (χ4n) is 5.66. The first-order valence-corrected chi connectivity index (χ1v) is 8.31. The van der Waals surface area contributed by atoms with Gasteiger partial charge < -0.3 is 5.11 Å². The number of rotatable bonds is 1. The summed E-state index contributed by atoms with van der Waals surface area (Å²) in [5.74, 6) is 2.66. The zero-order chi connectivity index (χ0) is 14.0. The molecule has 21 heavy (non-hydrogen) atoms. The lowest BCUT2D eigenvalue weighted by Crippen LogP contribution is -2.55. The summed E-state index contributed by atoms with van der Waals surface area (Å²) >= 11 is 0. The molecule has 1 heterocycles. The molecule has 1 N–H and O–H groups in total. The maximum atomic E-state index is 11.6. The number of aromatic nitrogens is 1. The van der Waals surface area contributed by atoms with Crippen LogP contribution in [0.15, 0.2) is 36.5 Å². The monoisotopic (exact) mass is 279 g/mol. The van der Waals surface area contributed by atoms with E-state index in [1.165, 1.54) is 32.1 Å². The van der Waals surface area contributed by atoms with Gasteiger partial charge in [-0.1, -0.05) is 18.2 Å². The summed E-state index contributed by atoms with van der Waals surface area (Å²) in [6.07, 6.45) is 8.23. The van der Waals surface area contributed by atoms with Crippen LogP contribution in [-0.2, 0) is 5.60 Å². The van der Waals surface area contributed by atoms with Gasteiger partial charge in [0.25, 0.3) is 0 Å². The molecule has 4 fully saturated rings. The first-order valence-electron chi connectivity index (χ1n) is 8.31. The van der Waals surface area contributed by atoms with E-state index >= 15 is 0 Å². The zero-order valence-corrected chi connectivity index (χ0v) is 12.2. The predicted molar refractivity (Wildman–Crippen MR) is 82.7 cm³/mol. The summed E-state index contributed by atoms with van der Waals surface area (Å²) in [5, 5.41) is 12.7. The van der Waals surface area contributed by atoms with E-state index in [9.17, 15) is 5.11 Å². The molecule has 0 unspecified atom stereocenters. The minimum Gasteiger partial charge on any atom is -0.385 e. The Labute approximate surface area is 125 Å². The molecule has 1 aromatic carbocycles. The van der Waals surface area contributed by atoms with Crippen molar-refractivity contribution in [3.63, 3.8) is 0 Å². The quantitative estimate of drug-likeness (QED) is 0.859. The van der Waals surface area contributed by atoms with Gasteiger partial charge >= 0.3 is 0 Å². The lowest BCUT2D eigenvalue weighted by atomic mass is 9.48. The molecule has 0 amide bonds. The predicted octanol–water partition coefficient (Wildman–Crippen LogP) is 3.88. The molecule has 6 rings (SSSR count). The fourth-order valence-corrected chi connectivity index (χ4v) is 5.66. The normalized spacial score (nSPS) is 40.8. The van der Waals surface area contributed by atoms with Crippen molar-refractivity contribution < 1.29 is 5.11 Å². The van der Waals surface area contributed by atoms with Crippen LogP contribution >= 0.6 is 0 Å². The first-order chi connectivity index (χ1) is 10.2. The van der Waals surface area contributed by atoms with Crippen LogP contribution in [0, 0.1) is 23.7 Å². The highest BCUT2D eigenvalue weighted by atomic mass is 16.3. The van der Waals surface area contributed by atoms with E-state index in [2.05, 4.69) is 23.2 Å². The van der Waals surface area contributed by atoms with Crippen LogP contribution in [0.3, 0.4) is 0 Å². The topological polar surface area (TPSA) is 33.1 Å². The van der Waals surface area contributed by atoms with Crippen molar-refractivity contribution in [2.75, 3.05) is 0 Å². The van der Waals surface area contributed by atoms with Crippen molar-refractivity contribution in [1.82, 2.24) is 4.98 Å². The lowest BCUT2D eigenvalue weighted by Gasteiger charge is -2.59. The van der Waals surface area contributed by atoms with Crippen molar-refractivity contribution in [2.24, 2.45) is 23.7 Å². The molecule has 4 aliphatic rings. The summed E-state index contributed by atoms with van der Waals surface area (Å²) in [5.41, 5.74) is 1.47. The van der Waals surface area contributed by atoms with Crippen molar-refractivity contribution in [3.05, 3.63) is 42.1 Å². The second-order valence-electron chi connectivity index (χ2n) is 7.55. The number of fused-ring (bicyclic) bond motifs is 1. The molecule has 0 radical (unpaired) electrons. The van der Waals surface area contributed by atoms with Crippen LogP contribution in [-0.4, -0.2) is 10.1 Å². The van der Waals surface area contributed by atoms with Gasteiger partial charge in [-0.2, -0.15) is 0 Å². The van der Waals surface area contributed by atoms with Crippen LogP contribution in [0.2, 0.25) is 0 Å². The van der Waals surface area contributed by atoms with Crippen LogP contribution in [0.5, 0.6) is 0 Å². The Kier molecular flexibility index (Phi) is 2.36.